The van der Waals surface area contributed by atoms with E-state index in [4.69, 9.17) is 15.2 Å². The number of amides is 1. The van der Waals surface area contributed by atoms with Crippen LogP contribution in [-0.2, 0) is 0 Å². The van der Waals surface area contributed by atoms with Crippen LogP contribution in [0, 0.1) is 0 Å². The molecule has 5 heteroatoms. The Morgan fingerprint density at radius 1 is 1.04 bits per heavy atom. The fourth-order valence-electron chi connectivity index (χ4n) is 2.62. The van der Waals surface area contributed by atoms with Gasteiger partial charge in [-0.15, -0.1) is 0 Å². The van der Waals surface area contributed by atoms with Crippen molar-refractivity contribution < 1.29 is 14.3 Å². The lowest BCUT2D eigenvalue weighted by Gasteiger charge is -2.11. The molecule has 0 spiro atoms. The number of anilines is 2. The SMILES string of the molecule is CCCCCCCOc1ccc(C(=O)Nc2cc(N)ccc2OC)cc1. The molecule has 0 fully saturated rings. The van der Waals surface area contributed by atoms with Crippen molar-refractivity contribution in [2.24, 2.45) is 0 Å². The molecule has 0 heterocycles. The third kappa shape index (κ3) is 5.99. The molecule has 0 unspecified atom stereocenters. The first-order valence-electron chi connectivity index (χ1n) is 9.11. The minimum absolute atomic E-state index is 0.222. The van der Waals surface area contributed by atoms with Crippen molar-refractivity contribution in [3.05, 3.63) is 48.0 Å². The lowest BCUT2D eigenvalue weighted by Crippen LogP contribution is -2.13. The molecule has 3 N–H and O–H groups in total. The first-order valence-corrected chi connectivity index (χ1v) is 9.11. The van der Waals surface area contributed by atoms with Gasteiger partial charge in [0.05, 0.1) is 19.4 Å². The fraction of sp³-hybridized carbons (Fsp3) is 0.381. The smallest absolute Gasteiger partial charge is 0.255 e. The van der Waals surface area contributed by atoms with Crippen LogP contribution in [0.1, 0.15) is 49.4 Å². The number of carbonyl (C=O) groups excluding carboxylic acids is 1. The van der Waals surface area contributed by atoms with Crippen LogP contribution in [0.4, 0.5) is 11.4 Å². The second-order valence-electron chi connectivity index (χ2n) is 6.20. The summed E-state index contributed by atoms with van der Waals surface area (Å²) < 4.78 is 11.0. The van der Waals surface area contributed by atoms with Crippen LogP contribution in [-0.4, -0.2) is 19.6 Å². The van der Waals surface area contributed by atoms with E-state index < -0.39 is 0 Å². The van der Waals surface area contributed by atoms with Gasteiger partial charge >= 0.3 is 0 Å². The molecule has 2 aromatic carbocycles. The monoisotopic (exact) mass is 356 g/mol. The van der Waals surface area contributed by atoms with Gasteiger partial charge in [-0.2, -0.15) is 0 Å². The molecule has 0 saturated carbocycles. The minimum Gasteiger partial charge on any atom is -0.495 e. The molecule has 0 aromatic heterocycles. The van der Waals surface area contributed by atoms with Crippen LogP contribution in [0.15, 0.2) is 42.5 Å². The molecule has 0 bridgehead atoms. The summed E-state index contributed by atoms with van der Waals surface area (Å²) in [5.74, 6) is 1.12. The largest absolute Gasteiger partial charge is 0.495 e. The van der Waals surface area contributed by atoms with E-state index in [1.54, 1.807) is 37.4 Å². The lowest BCUT2D eigenvalue weighted by atomic mass is 10.1. The maximum absolute atomic E-state index is 12.4. The van der Waals surface area contributed by atoms with Crippen molar-refractivity contribution in [1.82, 2.24) is 0 Å². The Bertz CT molecular complexity index is 699. The number of benzene rings is 2. The van der Waals surface area contributed by atoms with Gasteiger partial charge in [0.15, 0.2) is 0 Å². The first-order chi connectivity index (χ1) is 12.6. The fourth-order valence-corrected chi connectivity index (χ4v) is 2.62. The van der Waals surface area contributed by atoms with Gasteiger partial charge in [-0.3, -0.25) is 4.79 Å². The van der Waals surface area contributed by atoms with Crippen LogP contribution in [0.2, 0.25) is 0 Å². The number of rotatable bonds is 10. The summed E-state index contributed by atoms with van der Waals surface area (Å²) in [7, 11) is 1.55. The summed E-state index contributed by atoms with van der Waals surface area (Å²) in [4.78, 5) is 12.4. The molecule has 0 radical (unpaired) electrons. The maximum Gasteiger partial charge on any atom is 0.255 e. The zero-order valence-electron chi connectivity index (χ0n) is 15.6. The van der Waals surface area contributed by atoms with Gasteiger partial charge in [0.25, 0.3) is 5.91 Å². The average molecular weight is 356 g/mol. The van der Waals surface area contributed by atoms with Crippen molar-refractivity contribution in [2.45, 2.75) is 39.0 Å². The molecular weight excluding hydrogens is 328 g/mol. The van der Waals surface area contributed by atoms with Crippen molar-refractivity contribution >= 4 is 17.3 Å². The zero-order valence-corrected chi connectivity index (χ0v) is 15.6. The van der Waals surface area contributed by atoms with Gasteiger partial charge < -0.3 is 20.5 Å². The highest BCUT2D eigenvalue weighted by atomic mass is 16.5. The van der Waals surface area contributed by atoms with Crippen LogP contribution in [0.5, 0.6) is 11.5 Å². The number of ether oxygens (including phenoxy) is 2. The van der Waals surface area contributed by atoms with E-state index in [9.17, 15) is 4.79 Å². The van der Waals surface area contributed by atoms with E-state index >= 15 is 0 Å². The van der Waals surface area contributed by atoms with Crippen molar-refractivity contribution in [1.29, 1.82) is 0 Å². The number of methoxy groups -OCH3 is 1. The van der Waals surface area contributed by atoms with Gasteiger partial charge in [-0.05, 0) is 48.9 Å². The summed E-state index contributed by atoms with van der Waals surface area (Å²) in [6.07, 6.45) is 6.02. The molecule has 2 rings (SSSR count). The molecule has 1 amide bonds. The van der Waals surface area contributed by atoms with Crippen LogP contribution < -0.4 is 20.5 Å². The number of nitrogen functional groups attached to an aromatic ring is 1. The van der Waals surface area contributed by atoms with Crippen molar-refractivity contribution in [3.8, 4) is 11.5 Å². The molecule has 2 aromatic rings. The number of hydrogen-bond acceptors (Lipinski definition) is 4. The summed E-state index contributed by atoms with van der Waals surface area (Å²) in [6.45, 7) is 2.91. The second kappa shape index (κ2) is 10.3. The van der Waals surface area contributed by atoms with Crippen molar-refractivity contribution in [2.75, 3.05) is 24.8 Å². The first kappa shape index (κ1) is 19.6. The van der Waals surface area contributed by atoms with Crippen LogP contribution >= 0.6 is 0 Å². The number of carbonyl (C=O) groups is 1. The molecule has 140 valence electrons. The molecule has 0 aliphatic heterocycles. The van der Waals surface area contributed by atoms with Crippen molar-refractivity contribution in [3.63, 3.8) is 0 Å². The zero-order chi connectivity index (χ0) is 18.8. The molecule has 0 aliphatic carbocycles. The van der Waals surface area contributed by atoms with E-state index in [0.717, 1.165) is 12.2 Å². The summed E-state index contributed by atoms with van der Waals surface area (Å²) in [5, 5.41) is 2.83. The molecular formula is C21H28N2O3. The van der Waals surface area contributed by atoms with Gasteiger partial charge in [0, 0.05) is 11.3 Å². The van der Waals surface area contributed by atoms with E-state index in [2.05, 4.69) is 12.2 Å². The van der Waals surface area contributed by atoms with E-state index in [0.29, 0.717) is 29.3 Å². The molecule has 26 heavy (non-hydrogen) atoms. The van der Waals surface area contributed by atoms with Gasteiger partial charge in [-0.25, -0.2) is 0 Å². The maximum atomic E-state index is 12.4. The summed E-state index contributed by atoms with van der Waals surface area (Å²) in [6, 6.07) is 12.3. The Kier molecular flexibility index (Phi) is 7.80. The predicted octanol–water partition coefficient (Wildman–Crippen LogP) is 4.88. The van der Waals surface area contributed by atoms with E-state index in [1.165, 1.54) is 25.7 Å². The summed E-state index contributed by atoms with van der Waals surface area (Å²) >= 11 is 0. The van der Waals surface area contributed by atoms with Gasteiger partial charge in [-0.1, -0.05) is 32.6 Å². The number of nitrogens with two attached hydrogens (primary N) is 1. The Balaban J connectivity index is 1.87. The van der Waals surface area contributed by atoms with Gasteiger partial charge in [0.2, 0.25) is 0 Å². The predicted molar refractivity (Wildman–Crippen MR) is 106 cm³/mol. The molecule has 0 atom stereocenters. The third-order valence-corrected chi connectivity index (χ3v) is 4.10. The molecule has 0 aliphatic rings. The van der Waals surface area contributed by atoms with Crippen LogP contribution in [0.3, 0.4) is 0 Å². The number of hydrogen-bond donors (Lipinski definition) is 2. The normalized spacial score (nSPS) is 10.4. The Labute approximate surface area is 155 Å². The second-order valence-corrected chi connectivity index (χ2v) is 6.20. The quantitative estimate of drug-likeness (QED) is 0.470. The average Bonchev–Trinajstić information content (AvgIpc) is 2.65. The number of nitrogens with one attached hydrogen (secondary N) is 1. The van der Waals surface area contributed by atoms with Gasteiger partial charge in [0.1, 0.15) is 11.5 Å². The highest BCUT2D eigenvalue weighted by molar-refractivity contribution is 6.05. The number of unbranched alkanes of at least 4 members (excludes halogenated alkanes) is 4. The Hall–Kier alpha value is -2.69. The topological polar surface area (TPSA) is 73.6 Å². The van der Waals surface area contributed by atoms with Crippen LogP contribution in [0.25, 0.3) is 0 Å². The molecule has 5 nitrogen and oxygen atoms in total. The summed E-state index contributed by atoms with van der Waals surface area (Å²) in [5.41, 5.74) is 7.43. The van der Waals surface area contributed by atoms with E-state index in [-0.39, 0.29) is 5.91 Å². The standard InChI is InChI=1S/C21H28N2O3/c1-3-4-5-6-7-14-26-18-11-8-16(9-12-18)21(24)23-19-15-17(22)10-13-20(19)25-2/h8-13,15H,3-7,14,22H2,1-2H3,(H,23,24). The van der Waals surface area contributed by atoms with E-state index in [1.807, 2.05) is 12.1 Å². The highest BCUT2D eigenvalue weighted by Gasteiger charge is 2.10. The third-order valence-electron chi connectivity index (χ3n) is 4.10. The lowest BCUT2D eigenvalue weighted by molar-refractivity contribution is 0.102. The highest BCUT2D eigenvalue weighted by Crippen LogP contribution is 2.27. The Morgan fingerprint density at radius 3 is 2.46 bits per heavy atom. The minimum atomic E-state index is -0.222. The Morgan fingerprint density at radius 2 is 1.77 bits per heavy atom. The molecule has 0 saturated heterocycles.